The summed E-state index contributed by atoms with van der Waals surface area (Å²) in [5.41, 5.74) is 0. The van der Waals surface area contributed by atoms with Gasteiger partial charge in [0.1, 0.15) is 0 Å². The fourth-order valence-corrected chi connectivity index (χ4v) is 2.45. The number of ether oxygens (including phenoxy) is 2. The van der Waals surface area contributed by atoms with Crippen molar-refractivity contribution in [1.82, 2.24) is 5.32 Å². The molecule has 0 amide bonds. The van der Waals surface area contributed by atoms with E-state index in [9.17, 15) is 5.11 Å². The molecule has 0 radical (unpaired) electrons. The molecule has 0 saturated heterocycles. The smallest absolute Gasteiger partial charge is 0.0897 e. The maximum Gasteiger partial charge on any atom is 0.0897 e. The average molecular weight is 301 g/mol. The highest BCUT2D eigenvalue weighted by Gasteiger charge is 2.09. The van der Waals surface area contributed by atoms with Gasteiger partial charge in [-0.15, -0.1) is 11.3 Å². The van der Waals surface area contributed by atoms with Crippen LogP contribution in [0.4, 0.5) is 0 Å². The van der Waals surface area contributed by atoms with Crippen LogP contribution in [-0.2, 0) is 9.47 Å². The Morgan fingerprint density at radius 1 is 1.30 bits per heavy atom. The highest BCUT2D eigenvalue weighted by molar-refractivity contribution is 7.10. The second-order valence-electron chi connectivity index (χ2n) is 4.84. The number of aliphatic hydroxyl groups excluding tert-OH is 1. The van der Waals surface area contributed by atoms with E-state index in [1.54, 1.807) is 11.3 Å². The van der Waals surface area contributed by atoms with Crippen molar-refractivity contribution in [3.8, 4) is 0 Å². The number of thiophene rings is 1. The number of hydrogen-bond acceptors (Lipinski definition) is 5. The van der Waals surface area contributed by atoms with Crippen LogP contribution in [0.2, 0.25) is 0 Å². The van der Waals surface area contributed by atoms with E-state index < -0.39 is 6.10 Å². The topological polar surface area (TPSA) is 50.7 Å². The molecule has 0 bridgehead atoms. The van der Waals surface area contributed by atoms with Crippen molar-refractivity contribution in [3.63, 3.8) is 0 Å². The molecule has 20 heavy (non-hydrogen) atoms. The summed E-state index contributed by atoms with van der Waals surface area (Å²) in [5.74, 6) is 0. The van der Waals surface area contributed by atoms with E-state index in [1.165, 1.54) is 4.88 Å². The van der Waals surface area contributed by atoms with E-state index in [4.69, 9.17) is 9.47 Å². The fraction of sp³-hybridized carbons (Fsp3) is 0.733. The van der Waals surface area contributed by atoms with Crippen molar-refractivity contribution in [1.29, 1.82) is 0 Å². The third-order valence-corrected chi connectivity index (χ3v) is 4.01. The number of rotatable bonds is 12. The monoisotopic (exact) mass is 301 g/mol. The van der Waals surface area contributed by atoms with Gasteiger partial charge in [0.25, 0.3) is 0 Å². The first-order chi connectivity index (χ1) is 9.74. The summed E-state index contributed by atoms with van der Waals surface area (Å²) in [6.07, 6.45) is 1.76. The highest BCUT2D eigenvalue weighted by Crippen LogP contribution is 2.17. The van der Waals surface area contributed by atoms with Crippen LogP contribution in [0.25, 0.3) is 0 Å². The van der Waals surface area contributed by atoms with Crippen molar-refractivity contribution in [3.05, 3.63) is 22.4 Å². The maximum atomic E-state index is 9.81. The minimum absolute atomic E-state index is 0.266. The minimum atomic E-state index is -0.479. The molecule has 5 heteroatoms. The predicted molar refractivity (Wildman–Crippen MR) is 83.3 cm³/mol. The summed E-state index contributed by atoms with van der Waals surface area (Å²) in [5, 5.41) is 15.2. The van der Waals surface area contributed by atoms with Gasteiger partial charge in [-0.1, -0.05) is 19.4 Å². The van der Waals surface area contributed by atoms with E-state index in [2.05, 4.69) is 30.6 Å². The Balaban J connectivity index is 1.96. The number of nitrogens with one attached hydrogen (secondary N) is 1. The van der Waals surface area contributed by atoms with Crippen LogP contribution < -0.4 is 5.32 Å². The van der Waals surface area contributed by atoms with Crippen molar-refractivity contribution in [2.75, 3.05) is 33.0 Å². The summed E-state index contributed by atoms with van der Waals surface area (Å²) in [7, 11) is 0. The van der Waals surface area contributed by atoms with Gasteiger partial charge in [-0.3, -0.25) is 0 Å². The van der Waals surface area contributed by atoms with Gasteiger partial charge in [0.2, 0.25) is 0 Å². The number of hydrogen-bond donors (Lipinski definition) is 2. The Labute approximate surface area is 126 Å². The first-order valence-electron chi connectivity index (χ1n) is 7.34. The fourth-order valence-electron chi connectivity index (χ4n) is 1.70. The predicted octanol–water partition coefficient (Wildman–Crippen LogP) is 2.59. The van der Waals surface area contributed by atoms with Crippen molar-refractivity contribution >= 4 is 11.3 Å². The first-order valence-corrected chi connectivity index (χ1v) is 8.22. The third kappa shape index (κ3) is 7.97. The molecule has 0 aliphatic rings. The Kier molecular flexibility index (Phi) is 9.87. The second-order valence-corrected chi connectivity index (χ2v) is 5.82. The molecule has 0 aliphatic carbocycles. The molecule has 0 aliphatic heterocycles. The molecule has 2 atom stereocenters. The third-order valence-electron chi connectivity index (χ3n) is 2.95. The van der Waals surface area contributed by atoms with Crippen molar-refractivity contribution in [2.45, 2.75) is 38.8 Å². The first kappa shape index (κ1) is 17.6. The van der Waals surface area contributed by atoms with Crippen molar-refractivity contribution < 1.29 is 14.6 Å². The summed E-state index contributed by atoms with van der Waals surface area (Å²) in [6, 6.07) is 4.40. The van der Waals surface area contributed by atoms with E-state index in [1.807, 2.05) is 6.07 Å². The molecule has 116 valence electrons. The number of aliphatic hydroxyl groups is 1. The molecule has 4 nitrogen and oxygen atoms in total. The molecule has 0 fully saturated rings. The Hall–Kier alpha value is -0.460. The van der Waals surface area contributed by atoms with Gasteiger partial charge in [-0.05, 0) is 24.8 Å². The standard InChI is InChI=1S/C15H27NO3S/c1-3-4-7-18-8-9-19-12-14(17)11-16-13(2)15-6-5-10-20-15/h5-6,10,13-14,16-17H,3-4,7-9,11-12H2,1-2H3/t13-,14?/m0/s1. The lowest BCUT2D eigenvalue weighted by atomic mass is 10.2. The molecule has 1 heterocycles. The van der Waals surface area contributed by atoms with Gasteiger partial charge in [0, 0.05) is 24.1 Å². The normalized spacial score (nSPS) is 14.3. The van der Waals surface area contributed by atoms with E-state index in [0.717, 1.165) is 19.4 Å². The van der Waals surface area contributed by atoms with Crippen LogP contribution in [-0.4, -0.2) is 44.2 Å². The highest BCUT2D eigenvalue weighted by atomic mass is 32.1. The SMILES string of the molecule is CCCCOCCOCC(O)CN[C@@H](C)c1cccs1. The summed E-state index contributed by atoms with van der Waals surface area (Å²) >= 11 is 1.72. The lowest BCUT2D eigenvalue weighted by Gasteiger charge is -2.16. The largest absolute Gasteiger partial charge is 0.389 e. The summed E-state index contributed by atoms with van der Waals surface area (Å²) in [6.45, 7) is 7.06. The van der Waals surface area contributed by atoms with Gasteiger partial charge in [-0.25, -0.2) is 0 Å². The van der Waals surface area contributed by atoms with Crippen LogP contribution in [0.3, 0.4) is 0 Å². The maximum absolute atomic E-state index is 9.81. The molecule has 2 N–H and O–H groups in total. The molecular weight excluding hydrogens is 274 g/mol. The minimum Gasteiger partial charge on any atom is -0.389 e. The summed E-state index contributed by atoms with van der Waals surface area (Å²) in [4.78, 5) is 1.28. The van der Waals surface area contributed by atoms with E-state index in [-0.39, 0.29) is 6.04 Å². The van der Waals surface area contributed by atoms with E-state index >= 15 is 0 Å². The Morgan fingerprint density at radius 2 is 2.10 bits per heavy atom. The molecule has 1 unspecified atom stereocenters. The lowest BCUT2D eigenvalue weighted by Crippen LogP contribution is -2.32. The van der Waals surface area contributed by atoms with Gasteiger partial charge in [0.05, 0.1) is 25.9 Å². The van der Waals surface area contributed by atoms with Crippen LogP contribution in [0, 0.1) is 0 Å². The average Bonchev–Trinajstić information content (AvgIpc) is 2.98. The molecule has 0 aromatic carbocycles. The molecule has 0 spiro atoms. The van der Waals surface area contributed by atoms with Gasteiger partial charge >= 0.3 is 0 Å². The van der Waals surface area contributed by atoms with Crippen LogP contribution in [0.5, 0.6) is 0 Å². The van der Waals surface area contributed by atoms with Crippen LogP contribution in [0.1, 0.15) is 37.6 Å². The molecule has 1 rings (SSSR count). The Morgan fingerprint density at radius 3 is 2.80 bits per heavy atom. The zero-order valence-corrected chi connectivity index (χ0v) is 13.3. The molecular formula is C15H27NO3S. The number of unbranched alkanes of at least 4 members (excludes halogenated alkanes) is 1. The van der Waals surface area contributed by atoms with Crippen LogP contribution >= 0.6 is 11.3 Å². The van der Waals surface area contributed by atoms with Gasteiger partial charge < -0.3 is 19.9 Å². The Bertz CT molecular complexity index is 319. The molecule has 0 saturated carbocycles. The molecule has 1 aromatic rings. The quantitative estimate of drug-likeness (QED) is 0.583. The summed E-state index contributed by atoms with van der Waals surface area (Å²) < 4.78 is 10.8. The molecule has 1 aromatic heterocycles. The second kappa shape index (κ2) is 11.2. The van der Waals surface area contributed by atoms with Gasteiger partial charge in [-0.2, -0.15) is 0 Å². The zero-order valence-electron chi connectivity index (χ0n) is 12.5. The van der Waals surface area contributed by atoms with Crippen LogP contribution in [0.15, 0.2) is 17.5 Å². The van der Waals surface area contributed by atoms with E-state index in [0.29, 0.717) is 26.4 Å². The zero-order chi connectivity index (χ0) is 14.6. The van der Waals surface area contributed by atoms with Gasteiger partial charge in [0.15, 0.2) is 0 Å². The lowest BCUT2D eigenvalue weighted by molar-refractivity contribution is 0.00334. The van der Waals surface area contributed by atoms with Crippen molar-refractivity contribution in [2.24, 2.45) is 0 Å².